The van der Waals surface area contributed by atoms with Gasteiger partial charge in [-0.2, -0.15) is 0 Å². The van der Waals surface area contributed by atoms with Crippen LogP contribution in [-0.2, 0) is 11.3 Å². The Morgan fingerprint density at radius 2 is 2.28 bits per heavy atom. The van der Waals surface area contributed by atoms with E-state index >= 15 is 0 Å². The highest BCUT2D eigenvalue weighted by Crippen LogP contribution is 1.99. The van der Waals surface area contributed by atoms with Crippen LogP contribution in [0.3, 0.4) is 0 Å². The van der Waals surface area contributed by atoms with Crippen LogP contribution in [-0.4, -0.2) is 54.9 Å². The Kier molecular flexibility index (Phi) is 6.34. The molecule has 1 aromatic heterocycles. The number of aliphatic hydroxyl groups excluding tert-OH is 1. The number of aliphatic hydroxyl groups is 1. The van der Waals surface area contributed by atoms with Crippen LogP contribution < -0.4 is 15.6 Å². The minimum Gasteiger partial charge on any atom is -0.480 e. The Labute approximate surface area is 105 Å². The van der Waals surface area contributed by atoms with Crippen molar-refractivity contribution in [3.8, 4) is 5.88 Å². The summed E-state index contributed by atoms with van der Waals surface area (Å²) in [7, 11) is 3.08. The molecule has 0 saturated carbocycles. The van der Waals surface area contributed by atoms with E-state index in [0.29, 0.717) is 25.6 Å². The largest absolute Gasteiger partial charge is 0.480 e. The molecule has 0 bridgehead atoms. The normalized spacial score (nSPS) is 12.4. The number of aromatic nitrogens is 2. The molecule has 102 valence electrons. The second-order valence-corrected chi connectivity index (χ2v) is 3.75. The van der Waals surface area contributed by atoms with Gasteiger partial charge in [0.15, 0.2) is 0 Å². The van der Waals surface area contributed by atoms with E-state index in [0.717, 1.165) is 0 Å². The van der Waals surface area contributed by atoms with Crippen LogP contribution in [0.2, 0.25) is 0 Å². The fourth-order valence-electron chi connectivity index (χ4n) is 1.38. The zero-order valence-electron chi connectivity index (χ0n) is 10.6. The van der Waals surface area contributed by atoms with E-state index < -0.39 is 6.10 Å². The third kappa shape index (κ3) is 4.82. The molecular weight excluding hydrogens is 238 g/mol. The molecule has 0 fully saturated rings. The summed E-state index contributed by atoms with van der Waals surface area (Å²) in [5.74, 6) is 0.342. The highest BCUT2D eigenvalue weighted by atomic mass is 16.5. The smallest absolute Gasteiger partial charge is 0.267 e. The highest BCUT2D eigenvalue weighted by Gasteiger charge is 2.08. The van der Waals surface area contributed by atoms with E-state index in [1.165, 1.54) is 23.9 Å². The molecule has 1 atom stereocenters. The molecule has 2 N–H and O–H groups in total. The molecule has 18 heavy (non-hydrogen) atoms. The zero-order chi connectivity index (χ0) is 13.4. The first-order chi connectivity index (χ1) is 8.67. The molecule has 1 unspecified atom stereocenters. The average molecular weight is 257 g/mol. The van der Waals surface area contributed by atoms with Crippen molar-refractivity contribution < 1.29 is 14.6 Å². The third-order valence-corrected chi connectivity index (χ3v) is 2.30. The Bertz CT molecular complexity index is 408. The molecule has 0 aliphatic heterocycles. The maximum atomic E-state index is 11.5. The van der Waals surface area contributed by atoms with Gasteiger partial charge in [-0.15, -0.1) is 5.10 Å². The predicted molar refractivity (Wildman–Crippen MR) is 65.8 cm³/mol. The summed E-state index contributed by atoms with van der Waals surface area (Å²) in [5, 5.41) is 16.7. The van der Waals surface area contributed by atoms with Crippen LogP contribution in [0.25, 0.3) is 0 Å². The molecule has 0 spiro atoms. The third-order valence-electron chi connectivity index (χ3n) is 2.30. The van der Waals surface area contributed by atoms with Crippen molar-refractivity contribution >= 4 is 0 Å². The van der Waals surface area contributed by atoms with Crippen molar-refractivity contribution in [3.05, 3.63) is 22.5 Å². The fraction of sp³-hybridized carbons (Fsp3) is 0.636. The topological polar surface area (TPSA) is 85.6 Å². The second kappa shape index (κ2) is 7.80. The van der Waals surface area contributed by atoms with E-state index in [-0.39, 0.29) is 12.1 Å². The molecule has 7 nitrogen and oxygen atoms in total. The Balaban J connectivity index is 2.48. The van der Waals surface area contributed by atoms with E-state index in [1.807, 2.05) is 0 Å². The molecule has 1 aromatic rings. The van der Waals surface area contributed by atoms with Gasteiger partial charge in [-0.05, 0) is 0 Å². The van der Waals surface area contributed by atoms with Gasteiger partial charge in [0.1, 0.15) is 0 Å². The monoisotopic (exact) mass is 257 g/mol. The van der Waals surface area contributed by atoms with Crippen LogP contribution >= 0.6 is 0 Å². The molecule has 0 aliphatic carbocycles. The van der Waals surface area contributed by atoms with Crippen LogP contribution in [0.5, 0.6) is 5.88 Å². The number of hydrogen-bond donors (Lipinski definition) is 2. The lowest BCUT2D eigenvalue weighted by molar-refractivity contribution is 0.137. The lowest BCUT2D eigenvalue weighted by Crippen LogP contribution is -2.35. The van der Waals surface area contributed by atoms with Crippen molar-refractivity contribution in [2.75, 3.05) is 33.9 Å². The summed E-state index contributed by atoms with van der Waals surface area (Å²) in [6, 6.07) is 2.85. The summed E-state index contributed by atoms with van der Waals surface area (Å²) < 4.78 is 11.0. The highest BCUT2D eigenvalue weighted by molar-refractivity contribution is 5.06. The number of nitrogens with one attached hydrogen (secondary N) is 1. The predicted octanol–water partition coefficient (Wildman–Crippen LogP) is -1.15. The van der Waals surface area contributed by atoms with Gasteiger partial charge < -0.3 is 19.9 Å². The van der Waals surface area contributed by atoms with E-state index in [1.54, 1.807) is 7.11 Å². The average Bonchev–Trinajstić information content (AvgIpc) is 2.37. The van der Waals surface area contributed by atoms with Crippen molar-refractivity contribution in [2.45, 2.75) is 12.6 Å². The molecule has 1 rings (SSSR count). The van der Waals surface area contributed by atoms with Gasteiger partial charge in [-0.3, -0.25) is 4.79 Å². The minimum atomic E-state index is -0.695. The first-order valence-corrected chi connectivity index (χ1v) is 5.67. The maximum absolute atomic E-state index is 11.5. The summed E-state index contributed by atoms with van der Waals surface area (Å²) in [6.07, 6.45) is -0.695. The molecule has 1 heterocycles. The summed E-state index contributed by atoms with van der Waals surface area (Å²) >= 11 is 0. The van der Waals surface area contributed by atoms with Crippen molar-refractivity contribution in [1.29, 1.82) is 0 Å². The quantitative estimate of drug-likeness (QED) is 0.572. The fourth-order valence-corrected chi connectivity index (χ4v) is 1.38. The lowest BCUT2D eigenvalue weighted by atomic mass is 10.3. The standard InChI is InChI=1S/C11H19N3O4/c1-17-6-5-12-7-9(15)8-14-11(16)4-3-10(13-14)18-2/h3-4,9,12,15H,5-8H2,1-2H3. The van der Waals surface area contributed by atoms with Gasteiger partial charge in [0.25, 0.3) is 5.56 Å². The van der Waals surface area contributed by atoms with E-state index in [2.05, 4.69) is 10.4 Å². The van der Waals surface area contributed by atoms with Gasteiger partial charge in [0, 0.05) is 32.3 Å². The number of nitrogens with zero attached hydrogens (tertiary/aromatic N) is 2. The minimum absolute atomic E-state index is 0.121. The number of rotatable bonds is 8. The summed E-state index contributed by atoms with van der Waals surface area (Å²) in [5.41, 5.74) is -0.272. The molecule has 0 aliphatic rings. The van der Waals surface area contributed by atoms with E-state index in [9.17, 15) is 9.90 Å². The van der Waals surface area contributed by atoms with Gasteiger partial charge in [-0.25, -0.2) is 4.68 Å². The molecule has 7 heteroatoms. The maximum Gasteiger partial charge on any atom is 0.267 e. The molecule has 0 aromatic carbocycles. The molecule has 0 saturated heterocycles. The van der Waals surface area contributed by atoms with Crippen molar-refractivity contribution in [2.24, 2.45) is 0 Å². The Hall–Kier alpha value is -1.44. The number of methoxy groups -OCH3 is 2. The SMILES string of the molecule is COCCNCC(O)Cn1nc(OC)ccc1=O. The van der Waals surface area contributed by atoms with Gasteiger partial charge in [-0.1, -0.05) is 0 Å². The molecule has 0 amide bonds. The Morgan fingerprint density at radius 1 is 1.50 bits per heavy atom. The summed E-state index contributed by atoms with van der Waals surface area (Å²) in [4.78, 5) is 11.5. The Morgan fingerprint density at radius 3 is 2.94 bits per heavy atom. The number of ether oxygens (including phenoxy) is 2. The summed E-state index contributed by atoms with van der Waals surface area (Å²) in [6.45, 7) is 1.71. The van der Waals surface area contributed by atoms with Gasteiger partial charge >= 0.3 is 0 Å². The molecule has 0 radical (unpaired) electrons. The molecular formula is C11H19N3O4. The first kappa shape index (κ1) is 14.6. The van der Waals surface area contributed by atoms with Crippen LogP contribution in [0.4, 0.5) is 0 Å². The lowest BCUT2D eigenvalue weighted by Gasteiger charge is -2.13. The van der Waals surface area contributed by atoms with Crippen LogP contribution in [0, 0.1) is 0 Å². The van der Waals surface area contributed by atoms with Crippen molar-refractivity contribution in [3.63, 3.8) is 0 Å². The van der Waals surface area contributed by atoms with Gasteiger partial charge in [0.05, 0.1) is 26.4 Å². The van der Waals surface area contributed by atoms with Gasteiger partial charge in [0.2, 0.25) is 5.88 Å². The zero-order valence-corrected chi connectivity index (χ0v) is 10.6. The second-order valence-electron chi connectivity index (χ2n) is 3.75. The van der Waals surface area contributed by atoms with E-state index in [4.69, 9.17) is 9.47 Å². The van der Waals surface area contributed by atoms with Crippen LogP contribution in [0.1, 0.15) is 0 Å². The van der Waals surface area contributed by atoms with Crippen LogP contribution in [0.15, 0.2) is 16.9 Å². The first-order valence-electron chi connectivity index (χ1n) is 5.67. The number of hydrogen-bond acceptors (Lipinski definition) is 6. The van der Waals surface area contributed by atoms with Crippen molar-refractivity contribution in [1.82, 2.24) is 15.1 Å².